The van der Waals surface area contributed by atoms with Crippen molar-refractivity contribution < 1.29 is 0 Å². The molecule has 2 aromatic rings. The quantitative estimate of drug-likeness (QED) is 0.701. The molecule has 0 saturated carbocycles. The van der Waals surface area contributed by atoms with Gasteiger partial charge in [-0.15, -0.1) is 10.2 Å². The summed E-state index contributed by atoms with van der Waals surface area (Å²) >= 11 is 11.4. The lowest BCUT2D eigenvalue weighted by Gasteiger charge is -1.98. The molecule has 0 amide bonds. The van der Waals surface area contributed by atoms with Crippen LogP contribution in [0.1, 0.15) is 0 Å². The molecule has 2 aromatic heterocycles. The standard InChI is InChI=1S/C9H5Cl2N3/c10-8-2-1-7(13-14-8)6-3-4-12-9(11)5-6/h1-5H. The van der Waals surface area contributed by atoms with Gasteiger partial charge in [-0.1, -0.05) is 23.2 Å². The lowest BCUT2D eigenvalue weighted by Crippen LogP contribution is -1.87. The fourth-order valence-corrected chi connectivity index (χ4v) is 1.31. The van der Waals surface area contributed by atoms with Crippen molar-refractivity contribution in [2.24, 2.45) is 0 Å². The highest BCUT2D eigenvalue weighted by atomic mass is 35.5. The average molecular weight is 226 g/mol. The summed E-state index contributed by atoms with van der Waals surface area (Å²) in [6, 6.07) is 6.99. The van der Waals surface area contributed by atoms with Crippen LogP contribution in [0.25, 0.3) is 11.3 Å². The maximum absolute atomic E-state index is 5.74. The minimum absolute atomic E-state index is 0.369. The lowest BCUT2D eigenvalue weighted by atomic mass is 10.2. The highest BCUT2D eigenvalue weighted by Crippen LogP contribution is 2.18. The molecule has 0 aliphatic rings. The number of rotatable bonds is 1. The molecule has 0 spiro atoms. The van der Waals surface area contributed by atoms with Gasteiger partial charge in [0.05, 0.1) is 5.69 Å². The molecular formula is C9H5Cl2N3. The predicted molar refractivity (Wildman–Crippen MR) is 55.3 cm³/mol. The molecule has 5 heteroatoms. The van der Waals surface area contributed by atoms with E-state index in [2.05, 4.69) is 15.2 Å². The van der Waals surface area contributed by atoms with Crippen LogP contribution < -0.4 is 0 Å². The van der Waals surface area contributed by atoms with E-state index in [1.165, 1.54) is 0 Å². The highest BCUT2D eigenvalue weighted by molar-refractivity contribution is 6.29. The van der Waals surface area contributed by atoms with Gasteiger partial charge >= 0.3 is 0 Å². The molecule has 0 aliphatic carbocycles. The fourth-order valence-electron chi connectivity index (χ4n) is 1.03. The van der Waals surface area contributed by atoms with Crippen molar-refractivity contribution in [3.8, 4) is 11.3 Å². The Kier molecular flexibility index (Phi) is 2.61. The maximum atomic E-state index is 5.74. The first-order valence-corrected chi connectivity index (χ1v) is 4.62. The molecule has 0 N–H and O–H groups in total. The lowest BCUT2D eigenvalue weighted by molar-refractivity contribution is 1.04. The zero-order valence-electron chi connectivity index (χ0n) is 6.98. The van der Waals surface area contributed by atoms with Gasteiger partial charge in [0.25, 0.3) is 0 Å². The predicted octanol–water partition coefficient (Wildman–Crippen LogP) is 2.85. The molecule has 0 fully saturated rings. The number of nitrogens with zero attached hydrogens (tertiary/aromatic N) is 3. The van der Waals surface area contributed by atoms with Crippen molar-refractivity contribution in [1.29, 1.82) is 0 Å². The van der Waals surface area contributed by atoms with Crippen molar-refractivity contribution in [3.63, 3.8) is 0 Å². The van der Waals surface area contributed by atoms with Crippen molar-refractivity contribution in [2.45, 2.75) is 0 Å². The second kappa shape index (κ2) is 3.90. The van der Waals surface area contributed by atoms with Gasteiger partial charge in [-0.25, -0.2) is 4.98 Å². The number of hydrogen-bond acceptors (Lipinski definition) is 3. The smallest absolute Gasteiger partial charge is 0.151 e. The Balaban J connectivity index is 2.44. The maximum Gasteiger partial charge on any atom is 0.151 e. The number of pyridine rings is 1. The zero-order chi connectivity index (χ0) is 9.97. The van der Waals surface area contributed by atoms with Gasteiger partial charge in [0.2, 0.25) is 0 Å². The van der Waals surface area contributed by atoms with Crippen LogP contribution in [0, 0.1) is 0 Å². The van der Waals surface area contributed by atoms with E-state index in [9.17, 15) is 0 Å². The van der Waals surface area contributed by atoms with Crippen molar-refractivity contribution in [3.05, 3.63) is 40.8 Å². The third-order valence-corrected chi connectivity index (χ3v) is 2.06. The molecule has 2 rings (SSSR count). The molecule has 2 heterocycles. The molecule has 14 heavy (non-hydrogen) atoms. The molecular weight excluding hydrogens is 221 g/mol. The molecule has 0 radical (unpaired) electrons. The minimum atomic E-state index is 0.369. The van der Waals surface area contributed by atoms with Gasteiger partial charge in [0.15, 0.2) is 5.15 Å². The molecule has 0 saturated heterocycles. The Bertz CT molecular complexity index is 442. The van der Waals surface area contributed by atoms with Gasteiger partial charge in [0.1, 0.15) is 5.15 Å². The van der Waals surface area contributed by atoms with Crippen molar-refractivity contribution >= 4 is 23.2 Å². The van der Waals surface area contributed by atoms with E-state index < -0.39 is 0 Å². The summed E-state index contributed by atoms with van der Waals surface area (Å²) in [6.45, 7) is 0. The van der Waals surface area contributed by atoms with E-state index in [1.807, 2.05) is 6.07 Å². The van der Waals surface area contributed by atoms with Gasteiger partial charge in [-0.3, -0.25) is 0 Å². The number of halogens is 2. The van der Waals surface area contributed by atoms with Crippen LogP contribution >= 0.6 is 23.2 Å². The van der Waals surface area contributed by atoms with E-state index in [1.54, 1.807) is 24.4 Å². The first kappa shape index (κ1) is 9.37. The summed E-state index contributed by atoms with van der Waals surface area (Å²) in [6.07, 6.45) is 1.62. The van der Waals surface area contributed by atoms with E-state index in [0.717, 1.165) is 11.3 Å². The Morgan fingerprint density at radius 3 is 2.43 bits per heavy atom. The van der Waals surface area contributed by atoms with Crippen molar-refractivity contribution in [1.82, 2.24) is 15.2 Å². The minimum Gasteiger partial charge on any atom is -0.245 e. The van der Waals surface area contributed by atoms with Gasteiger partial charge in [-0.05, 0) is 24.3 Å². The topological polar surface area (TPSA) is 38.7 Å². The molecule has 0 unspecified atom stereocenters. The average Bonchev–Trinajstić information content (AvgIpc) is 2.19. The van der Waals surface area contributed by atoms with E-state index in [-0.39, 0.29) is 0 Å². The van der Waals surface area contributed by atoms with Gasteiger partial charge < -0.3 is 0 Å². The van der Waals surface area contributed by atoms with E-state index in [4.69, 9.17) is 23.2 Å². The fraction of sp³-hybridized carbons (Fsp3) is 0. The zero-order valence-corrected chi connectivity index (χ0v) is 8.50. The summed E-state index contributed by atoms with van der Waals surface area (Å²) in [4.78, 5) is 3.87. The molecule has 3 nitrogen and oxygen atoms in total. The van der Waals surface area contributed by atoms with E-state index >= 15 is 0 Å². The van der Waals surface area contributed by atoms with Crippen LogP contribution in [0.5, 0.6) is 0 Å². The molecule has 0 bridgehead atoms. The monoisotopic (exact) mass is 225 g/mol. The largest absolute Gasteiger partial charge is 0.245 e. The van der Waals surface area contributed by atoms with E-state index in [0.29, 0.717) is 10.3 Å². The normalized spacial score (nSPS) is 10.1. The second-order valence-corrected chi connectivity index (χ2v) is 3.38. The Morgan fingerprint density at radius 2 is 1.79 bits per heavy atom. The van der Waals surface area contributed by atoms with Crippen LogP contribution in [0.2, 0.25) is 10.3 Å². The van der Waals surface area contributed by atoms with Crippen LogP contribution in [0.3, 0.4) is 0 Å². The van der Waals surface area contributed by atoms with Crippen molar-refractivity contribution in [2.75, 3.05) is 0 Å². The number of aromatic nitrogens is 3. The third-order valence-electron chi connectivity index (χ3n) is 1.65. The summed E-state index contributed by atoms with van der Waals surface area (Å²) < 4.78 is 0. The summed E-state index contributed by atoms with van der Waals surface area (Å²) in [7, 11) is 0. The number of hydrogen-bond donors (Lipinski definition) is 0. The van der Waals surface area contributed by atoms with Crippen LogP contribution in [-0.4, -0.2) is 15.2 Å². The molecule has 0 aromatic carbocycles. The summed E-state index contributed by atoms with van der Waals surface area (Å²) in [5.41, 5.74) is 1.59. The molecule has 0 aliphatic heterocycles. The van der Waals surface area contributed by atoms with Crippen LogP contribution in [-0.2, 0) is 0 Å². The Morgan fingerprint density at radius 1 is 0.929 bits per heavy atom. The van der Waals surface area contributed by atoms with Crippen LogP contribution in [0.15, 0.2) is 30.5 Å². The third kappa shape index (κ3) is 2.00. The van der Waals surface area contributed by atoms with Crippen LogP contribution in [0.4, 0.5) is 0 Å². The molecule has 0 atom stereocenters. The Labute approximate surface area is 90.7 Å². The van der Waals surface area contributed by atoms with Gasteiger partial charge in [-0.2, -0.15) is 0 Å². The highest BCUT2D eigenvalue weighted by Gasteiger charge is 2.00. The summed E-state index contributed by atoms with van der Waals surface area (Å²) in [5.74, 6) is 0. The van der Waals surface area contributed by atoms with Gasteiger partial charge in [0, 0.05) is 11.8 Å². The second-order valence-electron chi connectivity index (χ2n) is 2.61. The first-order chi connectivity index (χ1) is 6.75. The first-order valence-electron chi connectivity index (χ1n) is 3.87. The SMILES string of the molecule is Clc1cc(-c2ccc(Cl)nn2)ccn1. The molecule has 70 valence electrons. The summed E-state index contributed by atoms with van der Waals surface area (Å²) in [5, 5.41) is 8.46. The Hall–Kier alpha value is -1.19.